The van der Waals surface area contributed by atoms with Gasteiger partial charge in [-0.15, -0.1) is 0 Å². The molecule has 0 aliphatic carbocycles. The van der Waals surface area contributed by atoms with Gasteiger partial charge in [0.25, 0.3) is 0 Å². The van der Waals surface area contributed by atoms with Gasteiger partial charge < -0.3 is 10.0 Å². The van der Waals surface area contributed by atoms with E-state index in [9.17, 15) is 0 Å². The van der Waals surface area contributed by atoms with Gasteiger partial charge >= 0.3 is 0 Å². The number of unbranched alkanes of at least 4 members (excludes halogenated alkanes) is 13. The molecular formula is C21H45NO. The van der Waals surface area contributed by atoms with Gasteiger partial charge in [-0.3, -0.25) is 0 Å². The highest BCUT2D eigenvalue weighted by Gasteiger charge is 2.01. The van der Waals surface area contributed by atoms with E-state index in [4.69, 9.17) is 5.11 Å². The molecule has 0 radical (unpaired) electrons. The van der Waals surface area contributed by atoms with Crippen molar-refractivity contribution >= 4 is 0 Å². The molecule has 23 heavy (non-hydrogen) atoms. The van der Waals surface area contributed by atoms with Crippen molar-refractivity contribution in [1.82, 2.24) is 4.90 Å². The first-order valence-corrected chi connectivity index (χ1v) is 10.7. The minimum absolute atomic E-state index is 0.329. The van der Waals surface area contributed by atoms with E-state index >= 15 is 0 Å². The van der Waals surface area contributed by atoms with Gasteiger partial charge in [-0.25, -0.2) is 0 Å². The van der Waals surface area contributed by atoms with Gasteiger partial charge in [0.1, 0.15) is 0 Å². The van der Waals surface area contributed by atoms with Crippen molar-refractivity contribution in [3.8, 4) is 0 Å². The maximum Gasteiger partial charge on any atom is 0.0443 e. The summed E-state index contributed by atoms with van der Waals surface area (Å²) in [5.74, 6) is 0. The van der Waals surface area contributed by atoms with Crippen LogP contribution in [-0.4, -0.2) is 36.2 Å². The van der Waals surface area contributed by atoms with Crippen molar-refractivity contribution in [2.45, 2.75) is 110 Å². The van der Waals surface area contributed by atoms with Crippen LogP contribution in [0.5, 0.6) is 0 Å². The quantitative estimate of drug-likeness (QED) is 0.287. The highest BCUT2D eigenvalue weighted by Crippen LogP contribution is 2.13. The first-order valence-electron chi connectivity index (χ1n) is 10.7. The molecule has 0 saturated carbocycles. The normalized spacial score (nSPS) is 11.5. The lowest BCUT2D eigenvalue weighted by atomic mass is 10.0. The first kappa shape index (κ1) is 22.9. The van der Waals surface area contributed by atoms with Crippen molar-refractivity contribution in [3.05, 3.63) is 0 Å². The van der Waals surface area contributed by atoms with Crippen LogP contribution in [-0.2, 0) is 0 Å². The minimum atomic E-state index is 0.329. The second-order valence-electron chi connectivity index (χ2n) is 7.11. The Balaban J connectivity index is 3.12. The van der Waals surface area contributed by atoms with Crippen LogP contribution >= 0.6 is 0 Å². The van der Waals surface area contributed by atoms with Crippen molar-refractivity contribution in [1.29, 1.82) is 0 Å². The SMILES string of the molecule is CCCCCCCCCCCCCCCCN(CC)CCCO. The maximum atomic E-state index is 8.88. The van der Waals surface area contributed by atoms with Crippen LogP contribution in [0.1, 0.15) is 110 Å². The Kier molecular flexibility index (Phi) is 19.9. The summed E-state index contributed by atoms with van der Waals surface area (Å²) in [6.45, 7) is 8.24. The molecule has 0 aliphatic heterocycles. The minimum Gasteiger partial charge on any atom is -0.396 e. The second-order valence-corrected chi connectivity index (χ2v) is 7.11. The van der Waals surface area contributed by atoms with Crippen molar-refractivity contribution in [2.75, 3.05) is 26.2 Å². The Hall–Kier alpha value is -0.0800. The zero-order valence-electron chi connectivity index (χ0n) is 16.3. The van der Waals surface area contributed by atoms with Crippen LogP contribution in [0.25, 0.3) is 0 Å². The molecule has 1 N–H and O–H groups in total. The number of hydrogen-bond donors (Lipinski definition) is 1. The van der Waals surface area contributed by atoms with Crippen molar-refractivity contribution in [2.24, 2.45) is 0 Å². The van der Waals surface area contributed by atoms with Gasteiger partial charge in [-0.2, -0.15) is 0 Å². The molecule has 0 saturated heterocycles. The van der Waals surface area contributed by atoms with E-state index in [1.54, 1.807) is 0 Å². The Bertz CT molecular complexity index is 208. The third-order valence-corrected chi connectivity index (χ3v) is 4.91. The highest BCUT2D eigenvalue weighted by atomic mass is 16.3. The van der Waals surface area contributed by atoms with E-state index in [1.165, 1.54) is 96.4 Å². The van der Waals surface area contributed by atoms with Crippen LogP contribution in [0.4, 0.5) is 0 Å². The molecule has 0 rings (SSSR count). The average Bonchev–Trinajstić information content (AvgIpc) is 2.57. The molecule has 0 aliphatic rings. The Labute approximate surface area is 147 Å². The lowest BCUT2D eigenvalue weighted by molar-refractivity contribution is 0.227. The van der Waals surface area contributed by atoms with Crippen LogP contribution in [0.15, 0.2) is 0 Å². The number of rotatable bonds is 19. The summed E-state index contributed by atoms with van der Waals surface area (Å²) in [6, 6.07) is 0. The van der Waals surface area contributed by atoms with E-state index in [0.29, 0.717) is 6.61 Å². The standard InChI is InChI=1S/C21H45NO/c1-3-5-6-7-8-9-10-11-12-13-14-15-16-17-19-22(4-2)20-18-21-23/h23H,3-21H2,1-2H3. The van der Waals surface area contributed by atoms with Gasteiger partial charge in [0.2, 0.25) is 0 Å². The fourth-order valence-corrected chi connectivity index (χ4v) is 3.25. The van der Waals surface area contributed by atoms with E-state index in [-0.39, 0.29) is 0 Å². The van der Waals surface area contributed by atoms with E-state index < -0.39 is 0 Å². The molecule has 0 heterocycles. The number of aliphatic hydroxyl groups excluding tert-OH is 1. The molecule has 0 aromatic carbocycles. The summed E-state index contributed by atoms with van der Waals surface area (Å²) in [7, 11) is 0. The molecule has 0 bridgehead atoms. The zero-order valence-corrected chi connectivity index (χ0v) is 16.3. The molecule has 0 unspecified atom stereocenters. The molecule has 2 heteroatoms. The third-order valence-electron chi connectivity index (χ3n) is 4.91. The molecular weight excluding hydrogens is 282 g/mol. The van der Waals surface area contributed by atoms with Gasteiger partial charge in [0.15, 0.2) is 0 Å². The Morgan fingerprint density at radius 2 is 0.913 bits per heavy atom. The summed E-state index contributed by atoms with van der Waals surface area (Å²) < 4.78 is 0. The maximum absolute atomic E-state index is 8.88. The van der Waals surface area contributed by atoms with E-state index in [1.807, 2.05) is 0 Å². The Morgan fingerprint density at radius 3 is 1.30 bits per heavy atom. The first-order chi connectivity index (χ1) is 11.3. The van der Waals surface area contributed by atoms with Crippen LogP contribution in [0, 0.1) is 0 Å². The second kappa shape index (κ2) is 20.0. The molecule has 0 aromatic rings. The van der Waals surface area contributed by atoms with Gasteiger partial charge in [-0.1, -0.05) is 97.3 Å². The average molecular weight is 328 g/mol. The molecule has 0 spiro atoms. The number of aliphatic hydroxyl groups is 1. The highest BCUT2D eigenvalue weighted by molar-refractivity contribution is 4.56. The van der Waals surface area contributed by atoms with Gasteiger partial charge in [-0.05, 0) is 25.9 Å². The predicted molar refractivity (Wildman–Crippen MR) is 104 cm³/mol. The fraction of sp³-hybridized carbons (Fsp3) is 1.00. The number of nitrogens with zero attached hydrogens (tertiary/aromatic N) is 1. The molecule has 140 valence electrons. The third kappa shape index (κ3) is 18.1. The molecule has 0 fully saturated rings. The lowest BCUT2D eigenvalue weighted by Gasteiger charge is -2.19. The summed E-state index contributed by atoms with van der Waals surface area (Å²) in [5.41, 5.74) is 0. The van der Waals surface area contributed by atoms with E-state index in [2.05, 4.69) is 18.7 Å². The fourth-order valence-electron chi connectivity index (χ4n) is 3.25. The van der Waals surface area contributed by atoms with Crippen molar-refractivity contribution < 1.29 is 5.11 Å². The van der Waals surface area contributed by atoms with E-state index in [0.717, 1.165) is 19.5 Å². The molecule has 0 atom stereocenters. The summed E-state index contributed by atoms with van der Waals surface area (Å²) in [4.78, 5) is 2.47. The predicted octanol–water partition coefficient (Wildman–Crippen LogP) is 6.17. The van der Waals surface area contributed by atoms with Gasteiger partial charge in [0, 0.05) is 13.2 Å². The largest absolute Gasteiger partial charge is 0.396 e. The topological polar surface area (TPSA) is 23.5 Å². The molecule has 2 nitrogen and oxygen atoms in total. The Morgan fingerprint density at radius 1 is 0.522 bits per heavy atom. The lowest BCUT2D eigenvalue weighted by Crippen LogP contribution is -2.26. The summed E-state index contributed by atoms with van der Waals surface area (Å²) in [5, 5.41) is 8.88. The van der Waals surface area contributed by atoms with Crippen molar-refractivity contribution in [3.63, 3.8) is 0 Å². The summed E-state index contributed by atoms with van der Waals surface area (Å²) >= 11 is 0. The number of hydrogen-bond acceptors (Lipinski definition) is 2. The molecule has 0 amide bonds. The monoisotopic (exact) mass is 327 g/mol. The molecule has 0 aromatic heterocycles. The van der Waals surface area contributed by atoms with Crippen LogP contribution in [0.3, 0.4) is 0 Å². The zero-order chi connectivity index (χ0) is 17.0. The van der Waals surface area contributed by atoms with Gasteiger partial charge in [0.05, 0.1) is 0 Å². The van der Waals surface area contributed by atoms with Crippen LogP contribution in [0.2, 0.25) is 0 Å². The van der Waals surface area contributed by atoms with Crippen LogP contribution < -0.4 is 0 Å². The smallest absolute Gasteiger partial charge is 0.0443 e. The summed E-state index contributed by atoms with van der Waals surface area (Å²) in [6.07, 6.45) is 20.9.